The Hall–Kier alpha value is -1.92. The molecule has 108 valence electrons. The van der Waals surface area contributed by atoms with Crippen LogP contribution in [0.1, 0.15) is 5.69 Å². The molecule has 6 nitrogen and oxygen atoms in total. The van der Waals surface area contributed by atoms with Gasteiger partial charge < -0.3 is 14.6 Å². The summed E-state index contributed by atoms with van der Waals surface area (Å²) in [6, 6.07) is 3.51. The topological polar surface area (TPSA) is 71.9 Å². The Bertz CT molecular complexity index is 453. The number of morpholine rings is 1. The lowest BCUT2D eigenvalue weighted by atomic mass is 10.3. The Labute approximate surface area is 117 Å². The van der Waals surface area contributed by atoms with Gasteiger partial charge in [-0.15, -0.1) is 0 Å². The minimum absolute atomic E-state index is 0.591. The molecule has 0 bridgehead atoms. The molecule has 0 spiro atoms. The fraction of sp³-hybridized carbons (Fsp3) is 0.429. The largest absolute Gasteiger partial charge is 0.491 e. The van der Waals surface area contributed by atoms with Gasteiger partial charge in [0.1, 0.15) is 12.4 Å². The molecule has 1 saturated heterocycles. The van der Waals surface area contributed by atoms with Crippen molar-refractivity contribution in [2.75, 3.05) is 39.5 Å². The first-order valence-electron chi connectivity index (χ1n) is 6.54. The molecule has 0 amide bonds. The summed E-state index contributed by atoms with van der Waals surface area (Å²) in [6.45, 7) is 4.93. The predicted octanol–water partition coefficient (Wildman–Crippen LogP) is 0.890. The van der Waals surface area contributed by atoms with Crippen LogP contribution in [0, 0.1) is 0 Å². The highest BCUT2D eigenvalue weighted by atomic mass is 16.5. The standard InChI is InChI=1S/C14H18N2O4/c17-14(18)4-2-12-1-3-13(11-15-12)20-10-7-16-5-8-19-9-6-16/h1-4,11H,5-10H2,(H,17,18). The summed E-state index contributed by atoms with van der Waals surface area (Å²) < 4.78 is 10.9. The second-order valence-electron chi connectivity index (χ2n) is 4.39. The number of pyridine rings is 1. The van der Waals surface area contributed by atoms with Crippen LogP contribution in [0.15, 0.2) is 24.4 Å². The number of nitrogens with zero attached hydrogens (tertiary/aromatic N) is 2. The van der Waals surface area contributed by atoms with Crippen molar-refractivity contribution in [2.24, 2.45) is 0 Å². The molecule has 0 unspecified atom stereocenters. The number of ether oxygens (including phenoxy) is 2. The molecule has 2 heterocycles. The van der Waals surface area contributed by atoms with Crippen LogP contribution < -0.4 is 4.74 Å². The zero-order chi connectivity index (χ0) is 14.2. The number of rotatable bonds is 6. The number of carboxylic acids is 1. The third kappa shape index (κ3) is 4.99. The van der Waals surface area contributed by atoms with Gasteiger partial charge in [-0.2, -0.15) is 0 Å². The molecule has 2 rings (SSSR count). The molecule has 1 fully saturated rings. The van der Waals surface area contributed by atoms with E-state index < -0.39 is 5.97 Å². The van der Waals surface area contributed by atoms with Gasteiger partial charge in [0.25, 0.3) is 0 Å². The number of carboxylic acid groups (broad SMARTS) is 1. The molecular weight excluding hydrogens is 260 g/mol. The van der Waals surface area contributed by atoms with Gasteiger partial charge in [0.15, 0.2) is 0 Å². The van der Waals surface area contributed by atoms with Crippen LogP contribution in [-0.4, -0.2) is 60.4 Å². The Morgan fingerprint density at radius 2 is 2.25 bits per heavy atom. The lowest BCUT2D eigenvalue weighted by Crippen LogP contribution is -2.38. The van der Waals surface area contributed by atoms with Crippen LogP contribution in [-0.2, 0) is 9.53 Å². The first-order chi connectivity index (χ1) is 9.74. The number of hydrogen-bond donors (Lipinski definition) is 1. The van der Waals surface area contributed by atoms with E-state index >= 15 is 0 Å². The van der Waals surface area contributed by atoms with Gasteiger partial charge in [0.05, 0.1) is 25.1 Å². The monoisotopic (exact) mass is 278 g/mol. The van der Waals surface area contributed by atoms with E-state index in [0.717, 1.165) is 38.9 Å². The average molecular weight is 278 g/mol. The average Bonchev–Trinajstić information content (AvgIpc) is 2.47. The summed E-state index contributed by atoms with van der Waals surface area (Å²) in [5.74, 6) is -0.302. The van der Waals surface area contributed by atoms with E-state index in [1.54, 1.807) is 18.3 Å². The Balaban J connectivity index is 1.74. The van der Waals surface area contributed by atoms with E-state index in [1.165, 1.54) is 6.08 Å². The van der Waals surface area contributed by atoms with Crippen molar-refractivity contribution in [3.63, 3.8) is 0 Å². The quantitative estimate of drug-likeness (QED) is 0.779. The van der Waals surface area contributed by atoms with Gasteiger partial charge in [0.2, 0.25) is 0 Å². The van der Waals surface area contributed by atoms with Gasteiger partial charge in [-0.1, -0.05) is 0 Å². The van der Waals surface area contributed by atoms with Crippen molar-refractivity contribution >= 4 is 12.0 Å². The molecule has 0 aliphatic carbocycles. The third-order valence-electron chi connectivity index (χ3n) is 2.94. The molecule has 0 aromatic carbocycles. The molecule has 20 heavy (non-hydrogen) atoms. The SMILES string of the molecule is O=C(O)C=Cc1ccc(OCCN2CCOCC2)cn1. The Morgan fingerprint density at radius 1 is 1.45 bits per heavy atom. The van der Waals surface area contributed by atoms with Crippen LogP contribution in [0.4, 0.5) is 0 Å². The zero-order valence-electron chi connectivity index (χ0n) is 11.2. The minimum Gasteiger partial charge on any atom is -0.491 e. The molecule has 6 heteroatoms. The van der Waals surface area contributed by atoms with E-state index in [2.05, 4.69) is 9.88 Å². The molecule has 0 atom stereocenters. The summed E-state index contributed by atoms with van der Waals surface area (Å²) in [7, 11) is 0. The highest BCUT2D eigenvalue weighted by Crippen LogP contribution is 2.10. The first kappa shape index (κ1) is 14.5. The Kier molecular flexibility index (Phi) is 5.52. The van der Waals surface area contributed by atoms with E-state index in [1.807, 2.05) is 0 Å². The predicted molar refractivity (Wildman–Crippen MR) is 73.7 cm³/mol. The molecular formula is C14H18N2O4. The lowest BCUT2D eigenvalue weighted by Gasteiger charge is -2.26. The number of carbonyl (C=O) groups is 1. The molecule has 1 aromatic rings. The molecule has 1 N–H and O–H groups in total. The summed E-state index contributed by atoms with van der Waals surface area (Å²) in [5.41, 5.74) is 0.591. The van der Waals surface area contributed by atoms with Gasteiger partial charge in [-0.25, -0.2) is 4.79 Å². The summed E-state index contributed by atoms with van der Waals surface area (Å²) in [4.78, 5) is 16.8. The molecule has 1 aromatic heterocycles. The fourth-order valence-corrected chi connectivity index (χ4v) is 1.85. The minimum atomic E-state index is -0.988. The van der Waals surface area contributed by atoms with Crippen molar-refractivity contribution in [1.29, 1.82) is 0 Å². The highest BCUT2D eigenvalue weighted by Gasteiger charge is 2.09. The fourth-order valence-electron chi connectivity index (χ4n) is 1.85. The number of hydrogen-bond acceptors (Lipinski definition) is 5. The van der Waals surface area contributed by atoms with Crippen LogP contribution >= 0.6 is 0 Å². The first-order valence-corrected chi connectivity index (χ1v) is 6.54. The summed E-state index contributed by atoms with van der Waals surface area (Å²) in [5, 5.41) is 8.52. The maximum Gasteiger partial charge on any atom is 0.328 e. The molecule has 0 radical (unpaired) electrons. The number of aromatic nitrogens is 1. The second-order valence-corrected chi connectivity index (χ2v) is 4.39. The van der Waals surface area contributed by atoms with Crippen molar-refractivity contribution in [3.8, 4) is 5.75 Å². The van der Waals surface area contributed by atoms with Crippen LogP contribution in [0.2, 0.25) is 0 Å². The Morgan fingerprint density at radius 3 is 2.90 bits per heavy atom. The molecule has 1 aliphatic heterocycles. The van der Waals surface area contributed by atoms with Crippen molar-refractivity contribution < 1.29 is 19.4 Å². The van der Waals surface area contributed by atoms with Crippen LogP contribution in [0.5, 0.6) is 5.75 Å². The van der Waals surface area contributed by atoms with Crippen molar-refractivity contribution in [2.45, 2.75) is 0 Å². The lowest BCUT2D eigenvalue weighted by molar-refractivity contribution is -0.131. The van der Waals surface area contributed by atoms with Gasteiger partial charge >= 0.3 is 5.97 Å². The maximum absolute atomic E-state index is 10.4. The summed E-state index contributed by atoms with van der Waals surface area (Å²) in [6.07, 6.45) is 4.10. The van der Waals surface area contributed by atoms with Crippen LogP contribution in [0.25, 0.3) is 6.08 Å². The number of aliphatic carboxylic acids is 1. The van der Waals surface area contributed by atoms with Gasteiger partial charge in [0, 0.05) is 25.7 Å². The summed E-state index contributed by atoms with van der Waals surface area (Å²) >= 11 is 0. The maximum atomic E-state index is 10.4. The third-order valence-corrected chi connectivity index (χ3v) is 2.94. The van der Waals surface area contributed by atoms with Gasteiger partial charge in [-0.05, 0) is 18.2 Å². The van der Waals surface area contributed by atoms with E-state index in [4.69, 9.17) is 14.6 Å². The molecule has 1 aliphatic rings. The van der Waals surface area contributed by atoms with E-state index in [-0.39, 0.29) is 0 Å². The highest BCUT2D eigenvalue weighted by molar-refractivity contribution is 5.84. The molecule has 0 saturated carbocycles. The smallest absolute Gasteiger partial charge is 0.328 e. The van der Waals surface area contributed by atoms with Crippen molar-refractivity contribution in [1.82, 2.24) is 9.88 Å². The normalized spacial score (nSPS) is 16.4. The van der Waals surface area contributed by atoms with Crippen molar-refractivity contribution in [3.05, 3.63) is 30.1 Å². The van der Waals surface area contributed by atoms with E-state index in [9.17, 15) is 4.79 Å². The van der Waals surface area contributed by atoms with Gasteiger partial charge in [-0.3, -0.25) is 9.88 Å². The van der Waals surface area contributed by atoms with E-state index in [0.29, 0.717) is 18.1 Å². The van der Waals surface area contributed by atoms with Crippen LogP contribution in [0.3, 0.4) is 0 Å². The second kappa shape index (κ2) is 7.62. The zero-order valence-corrected chi connectivity index (χ0v) is 11.2.